The van der Waals surface area contributed by atoms with Crippen molar-refractivity contribution in [2.45, 2.75) is 46.2 Å². The molecule has 1 N–H and O–H groups in total. The lowest BCUT2D eigenvalue weighted by Crippen LogP contribution is -2.52. The van der Waals surface area contributed by atoms with Gasteiger partial charge in [-0.25, -0.2) is 0 Å². The van der Waals surface area contributed by atoms with E-state index in [9.17, 15) is 9.59 Å². The van der Waals surface area contributed by atoms with Crippen LogP contribution in [0, 0.1) is 0 Å². The van der Waals surface area contributed by atoms with Crippen molar-refractivity contribution in [3.8, 4) is 0 Å². The maximum absolute atomic E-state index is 12.5. The third kappa shape index (κ3) is 4.84. The molecule has 0 aliphatic rings. The van der Waals surface area contributed by atoms with Crippen LogP contribution < -0.4 is 10.2 Å². The summed E-state index contributed by atoms with van der Waals surface area (Å²) in [6, 6.07) is 9.53. The summed E-state index contributed by atoms with van der Waals surface area (Å²) in [5, 5.41) is 2.98. The molecule has 22 heavy (non-hydrogen) atoms. The minimum Gasteiger partial charge on any atom is -0.465 e. The molecule has 0 spiro atoms. The first-order chi connectivity index (χ1) is 10.3. The number of carbonyl (C=O) groups is 2. The number of nitrogens with one attached hydrogen (secondary N) is 1. The van der Waals surface area contributed by atoms with Gasteiger partial charge in [-0.1, -0.05) is 18.2 Å². The Kier molecular flexibility index (Phi) is 6.56. The molecule has 0 aromatic heterocycles. The zero-order valence-corrected chi connectivity index (χ0v) is 14.1. The number of carbonyl (C=O) groups excluding carboxylic acids is 2. The quantitative estimate of drug-likeness (QED) is 0.786. The zero-order chi connectivity index (χ0) is 16.8. The molecule has 0 radical (unpaired) electrons. The summed E-state index contributed by atoms with van der Waals surface area (Å²) in [4.78, 5) is 26.1. The minimum atomic E-state index is -0.898. The van der Waals surface area contributed by atoms with E-state index < -0.39 is 5.54 Å². The molecule has 5 heteroatoms. The second-order valence-electron chi connectivity index (χ2n) is 5.89. The van der Waals surface area contributed by atoms with Crippen LogP contribution in [0.15, 0.2) is 30.3 Å². The van der Waals surface area contributed by atoms with E-state index in [1.54, 1.807) is 25.7 Å². The number of benzene rings is 1. The van der Waals surface area contributed by atoms with Crippen LogP contribution in [0.4, 0.5) is 5.69 Å². The van der Waals surface area contributed by atoms with Crippen molar-refractivity contribution in [2.75, 3.05) is 18.1 Å². The van der Waals surface area contributed by atoms with Gasteiger partial charge >= 0.3 is 5.97 Å². The van der Waals surface area contributed by atoms with Crippen LogP contribution in [0.5, 0.6) is 0 Å². The lowest BCUT2D eigenvalue weighted by atomic mass is 10.1. The number of ether oxygens (including phenoxy) is 1. The molecule has 0 atom stereocenters. The van der Waals surface area contributed by atoms with Crippen LogP contribution in [0.2, 0.25) is 0 Å². The third-order valence-electron chi connectivity index (χ3n) is 3.29. The van der Waals surface area contributed by atoms with E-state index in [2.05, 4.69) is 5.32 Å². The molecule has 122 valence electrons. The van der Waals surface area contributed by atoms with E-state index in [-0.39, 0.29) is 24.5 Å². The van der Waals surface area contributed by atoms with Gasteiger partial charge in [-0.2, -0.15) is 0 Å². The highest BCUT2D eigenvalue weighted by molar-refractivity contribution is 5.95. The number of nitrogens with zero attached hydrogens (tertiary/aromatic N) is 1. The van der Waals surface area contributed by atoms with E-state index in [1.165, 1.54) is 0 Å². The Morgan fingerprint density at radius 3 is 2.32 bits per heavy atom. The summed E-state index contributed by atoms with van der Waals surface area (Å²) in [7, 11) is 0. The fourth-order valence-electron chi connectivity index (χ4n) is 2.08. The predicted molar refractivity (Wildman–Crippen MR) is 87.8 cm³/mol. The standard InChI is InChI=1S/C17H26N2O3/c1-6-22-16(21)17(4,5)18-12-15(20)19(13(2)3)14-10-8-7-9-11-14/h7-11,13,18H,6,12H2,1-5H3. The SMILES string of the molecule is CCOC(=O)C(C)(C)NCC(=O)N(c1ccccc1)C(C)C. The van der Waals surface area contributed by atoms with Gasteiger partial charge in [0.1, 0.15) is 5.54 Å². The summed E-state index contributed by atoms with van der Waals surface area (Å²) in [6.45, 7) is 9.48. The molecular weight excluding hydrogens is 280 g/mol. The molecule has 0 fully saturated rings. The fraction of sp³-hybridized carbons (Fsp3) is 0.529. The van der Waals surface area contributed by atoms with Gasteiger partial charge in [0, 0.05) is 11.7 Å². The fourth-order valence-corrected chi connectivity index (χ4v) is 2.08. The van der Waals surface area contributed by atoms with Crippen LogP contribution in [-0.2, 0) is 14.3 Å². The van der Waals surface area contributed by atoms with Crippen molar-refractivity contribution in [3.05, 3.63) is 30.3 Å². The maximum Gasteiger partial charge on any atom is 0.325 e. The van der Waals surface area contributed by atoms with E-state index in [4.69, 9.17) is 4.74 Å². The summed E-state index contributed by atoms with van der Waals surface area (Å²) in [6.07, 6.45) is 0. The third-order valence-corrected chi connectivity index (χ3v) is 3.29. The number of anilines is 1. The molecule has 1 rings (SSSR count). The monoisotopic (exact) mass is 306 g/mol. The van der Waals surface area contributed by atoms with Crippen molar-refractivity contribution in [1.29, 1.82) is 0 Å². The number of rotatable bonds is 7. The highest BCUT2D eigenvalue weighted by Crippen LogP contribution is 2.16. The van der Waals surface area contributed by atoms with Crippen molar-refractivity contribution >= 4 is 17.6 Å². The smallest absolute Gasteiger partial charge is 0.325 e. The first-order valence-corrected chi connectivity index (χ1v) is 7.59. The second kappa shape index (κ2) is 7.94. The molecule has 0 bridgehead atoms. The normalized spacial score (nSPS) is 11.4. The van der Waals surface area contributed by atoms with Crippen molar-refractivity contribution in [1.82, 2.24) is 5.32 Å². The van der Waals surface area contributed by atoms with Gasteiger partial charge in [0.25, 0.3) is 0 Å². The molecule has 1 aromatic rings. The Balaban J connectivity index is 2.75. The molecule has 0 saturated heterocycles. The number of amides is 1. The second-order valence-corrected chi connectivity index (χ2v) is 5.89. The first kappa shape index (κ1) is 18.2. The van der Waals surface area contributed by atoms with E-state index in [0.717, 1.165) is 5.69 Å². The van der Waals surface area contributed by atoms with Gasteiger partial charge in [0.05, 0.1) is 13.2 Å². The summed E-state index contributed by atoms with van der Waals surface area (Å²) < 4.78 is 5.01. The Hall–Kier alpha value is -1.88. The van der Waals surface area contributed by atoms with Crippen LogP contribution in [0.25, 0.3) is 0 Å². The van der Waals surface area contributed by atoms with Crippen molar-refractivity contribution in [3.63, 3.8) is 0 Å². The highest BCUT2D eigenvalue weighted by atomic mass is 16.5. The maximum atomic E-state index is 12.5. The van der Waals surface area contributed by atoms with Gasteiger partial charge in [-0.3, -0.25) is 14.9 Å². The summed E-state index contributed by atoms with van der Waals surface area (Å²) in [5.41, 5.74) is -0.0522. The number of para-hydroxylation sites is 1. The number of hydrogen-bond donors (Lipinski definition) is 1. The summed E-state index contributed by atoms with van der Waals surface area (Å²) >= 11 is 0. The zero-order valence-electron chi connectivity index (χ0n) is 14.1. The van der Waals surface area contributed by atoms with Gasteiger partial charge in [0.2, 0.25) is 5.91 Å². The average molecular weight is 306 g/mol. The lowest BCUT2D eigenvalue weighted by Gasteiger charge is -2.29. The van der Waals surface area contributed by atoms with Crippen LogP contribution in [0.1, 0.15) is 34.6 Å². The molecule has 1 amide bonds. The molecule has 0 heterocycles. The minimum absolute atomic E-state index is 0.0300. The first-order valence-electron chi connectivity index (χ1n) is 7.59. The molecule has 0 unspecified atom stereocenters. The largest absolute Gasteiger partial charge is 0.465 e. The van der Waals surface area contributed by atoms with Gasteiger partial charge in [-0.15, -0.1) is 0 Å². The van der Waals surface area contributed by atoms with Gasteiger partial charge in [0.15, 0.2) is 0 Å². The van der Waals surface area contributed by atoms with E-state index in [0.29, 0.717) is 6.61 Å². The number of hydrogen-bond acceptors (Lipinski definition) is 4. The van der Waals surface area contributed by atoms with E-state index >= 15 is 0 Å². The average Bonchev–Trinajstić information content (AvgIpc) is 2.46. The topological polar surface area (TPSA) is 58.6 Å². The number of esters is 1. The van der Waals surface area contributed by atoms with Gasteiger partial charge in [-0.05, 0) is 46.8 Å². The lowest BCUT2D eigenvalue weighted by molar-refractivity contribution is -0.149. The Labute approximate surface area is 132 Å². The molecular formula is C17H26N2O3. The Bertz CT molecular complexity index is 498. The molecule has 0 aliphatic heterocycles. The Morgan fingerprint density at radius 1 is 1.23 bits per heavy atom. The van der Waals surface area contributed by atoms with Crippen LogP contribution >= 0.6 is 0 Å². The van der Waals surface area contributed by atoms with Gasteiger partial charge < -0.3 is 9.64 Å². The molecule has 0 saturated carbocycles. The molecule has 5 nitrogen and oxygen atoms in total. The van der Waals surface area contributed by atoms with Crippen molar-refractivity contribution < 1.29 is 14.3 Å². The van der Waals surface area contributed by atoms with E-state index in [1.807, 2.05) is 44.2 Å². The Morgan fingerprint density at radius 2 is 1.82 bits per heavy atom. The predicted octanol–water partition coefficient (Wildman–Crippen LogP) is 2.36. The molecule has 0 aliphatic carbocycles. The summed E-state index contributed by atoms with van der Waals surface area (Å²) in [5.74, 6) is -0.447. The van der Waals surface area contributed by atoms with Crippen LogP contribution in [0.3, 0.4) is 0 Å². The van der Waals surface area contributed by atoms with Crippen LogP contribution in [-0.4, -0.2) is 36.6 Å². The van der Waals surface area contributed by atoms with Crippen molar-refractivity contribution in [2.24, 2.45) is 0 Å². The highest BCUT2D eigenvalue weighted by Gasteiger charge is 2.30. The molecule has 1 aromatic carbocycles.